The fourth-order valence-corrected chi connectivity index (χ4v) is 1.92. The molecule has 5 nitrogen and oxygen atoms in total. The Hall–Kier alpha value is -1.56. The Labute approximate surface area is 120 Å². The Balaban J connectivity index is 2.52. The number of halogens is 1. The van der Waals surface area contributed by atoms with Gasteiger partial charge in [-0.2, -0.15) is 0 Å². The van der Waals surface area contributed by atoms with E-state index < -0.39 is 11.5 Å². The van der Waals surface area contributed by atoms with Crippen molar-refractivity contribution in [3.63, 3.8) is 0 Å². The van der Waals surface area contributed by atoms with Gasteiger partial charge in [0.25, 0.3) is 0 Å². The summed E-state index contributed by atoms with van der Waals surface area (Å²) in [4.78, 5) is 22.3. The first-order chi connectivity index (χ1) is 8.78. The van der Waals surface area contributed by atoms with Gasteiger partial charge >= 0.3 is 12.0 Å². The summed E-state index contributed by atoms with van der Waals surface area (Å²) in [7, 11) is 0. The first kappa shape index (κ1) is 15.5. The number of hydrogen-bond acceptors (Lipinski definition) is 2. The van der Waals surface area contributed by atoms with Crippen LogP contribution in [0.4, 0.5) is 10.5 Å². The number of carbonyl (C=O) groups excluding carboxylic acids is 1. The van der Waals surface area contributed by atoms with E-state index in [4.69, 9.17) is 5.11 Å². The van der Waals surface area contributed by atoms with Gasteiger partial charge in [0, 0.05) is 22.1 Å². The molecule has 0 radical (unpaired) electrons. The molecule has 2 amide bonds. The highest BCUT2D eigenvalue weighted by atomic mass is 79.9. The number of urea groups is 1. The van der Waals surface area contributed by atoms with Crippen molar-refractivity contribution < 1.29 is 14.7 Å². The van der Waals surface area contributed by atoms with Crippen LogP contribution in [0.1, 0.15) is 26.7 Å². The molecule has 6 heteroatoms. The molecule has 0 saturated carbocycles. The highest BCUT2D eigenvalue weighted by Gasteiger charge is 2.21. The largest absolute Gasteiger partial charge is 0.481 e. The summed E-state index contributed by atoms with van der Waals surface area (Å²) in [5, 5.41) is 14.1. The number of carboxylic acids is 1. The molecule has 0 heterocycles. The van der Waals surface area contributed by atoms with Gasteiger partial charge in [0.1, 0.15) is 0 Å². The van der Waals surface area contributed by atoms with Gasteiger partial charge in [-0.3, -0.25) is 4.79 Å². The molecule has 0 atom stereocenters. The molecule has 1 aromatic rings. The second-order valence-electron chi connectivity index (χ2n) is 4.87. The van der Waals surface area contributed by atoms with Crippen molar-refractivity contribution in [3.05, 3.63) is 28.7 Å². The molecule has 0 fully saturated rings. The van der Waals surface area contributed by atoms with E-state index in [9.17, 15) is 9.59 Å². The second kappa shape index (κ2) is 6.56. The van der Waals surface area contributed by atoms with E-state index >= 15 is 0 Å². The van der Waals surface area contributed by atoms with Crippen LogP contribution in [0.5, 0.6) is 0 Å². The monoisotopic (exact) mass is 328 g/mol. The molecule has 104 valence electrons. The van der Waals surface area contributed by atoms with Crippen LogP contribution < -0.4 is 10.6 Å². The number of carboxylic acid groups (broad SMARTS) is 1. The molecule has 0 spiro atoms. The van der Waals surface area contributed by atoms with Crippen LogP contribution in [-0.2, 0) is 4.79 Å². The molecule has 0 unspecified atom stereocenters. The van der Waals surface area contributed by atoms with Crippen molar-refractivity contribution in [2.24, 2.45) is 0 Å². The quantitative estimate of drug-likeness (QED) is 0.776. The smallest absolute Gasteiger partial charge is 0.319 e. The van der Waals surface area contributed by atoms with Crippen molar-refractivity contribution in [1.29, 1.82) is 0 Å². The third-order valence-corrected chi connectivity index (χ3v) is 2.99. The van der Waals surface area contributed by atoms with Crippen LogP contribution in [0.25, 0.3) is 0 Å². The lowest BCUT2D eigenvalue weighted by atomic mass is 9.99. The van der Waals surface area contributed by atoms with Crippen molar-refractivity contribution in [3.8, 4) is 0 Å². The van der Waals surface area contributed by atoms with E-state index in [0.29, 0.717) is 12.1 Å². The average Bonchev–Trinajstić information content (AvgIpc) is 2.25. The van der Waals surface area contributed by atoms with Gasteiger partial charge in [-0.05, 0) is 38.5 Å². The zero-order valence-corrected chi connectivity index (χ0v) is 12.5. The van der Waals surface area contributed by atoms with E-state index in [-0.39, 0.29) is 12.5 Å². The Morgan fingerprint density at radius 3 is 2.63 bits per heavy atom. The van der Waals surface area contributed by atoms with Crippen LogP contribution in [0.2, 0.25) is 0 Å². The normalized spacial score (nSPS) is 10.9. The number of carbonyl (C=O) groups is 2. The Morgan fingerprint density at radius 2 is 2.05 bits per heavy atom. The summed E-state index contributed by atoms with van der Waals surface area (Å²) in [5.41, 5.74) is 0.0926. The van der Waals surface area contributed by atoms with Gasteiger partial charge < -0.3 is 15.7 Å². The molecule has 0 bridgehead atoms. The first-order valence-corrected chi connectivity index (χ1v) is 6.64. The number of benzene rings is 1. The van der Waals surface area contributed by atoms with E-state index in [1.54, 1.807) is 26.0 Å². The van der Waals surface area contributed by atoms with Gasteiger partial charge in [-0.25, -0.2) is 4.79 Å². The fourth-order valence-electron chi connectivity index (χ4n) is 1.52. The number of rotatable bonds is 5. The summed E-state index contributed by atoms with van der Waals surface area (Å²) in [5.74, 6) is -0.873. The zero-order chi connectivity index (χ0) is 14.5. The minimum atomic E-state index is -0.873. The summed E-state index contributed by atoms with van der Waals surface area (Å²) in [6, 6.07) is 6.88. The molecule has 0 saturated heterocycles. The topological polar surface area (TPSA) is 78.4 Å². The molecule has 0 aliphatic rings. The van der Waals surface area contributed by atoms with Crippen molar-refractivity contribution >= 4 is 33.6 Å². The molecule has 1 rings (SSSR count). The van der Waals surface area contributed by atoms with Gasteiger partial charge in [0.05, 0.1) is 0 Å². The predicted octanol–water partition coefficient (Wildman–Crippen LogP) is 3.21. The van der Waals surface area contributed by atoms with Gasteiger partial charge in [-0.15, -0.1) is 0 Å². The summed E-state index contributed by atoms with van der Waals surface area (Å²) < 4.78 is 0.871. The van der Waals surface area contributed by atoms with Gasteiger partial charge in [0.2, 0.25) is 0 Å². The van der Waals surface area contributed by atoms with Crippen molar-refractivity contribution in [2.75, 3.05) is 5.32 Å². The predicted molar refractivity (Wildman–Crippen MR) is 77.2 cm³/mol. The third kappa shape index (κ3) is 6.24. The fraction of sp³-hybridized carbons (Fsp3) is 0.385. The highest BCUT2D eigenvalue weighted by molar-refractivity contribution is 9.10. The van der Waals surface area contributed by atoms with Crippen molar-refractivity contribution in [2.45, 2.75) is 32.2 Å². The van der Waals surface area contributed by atoms with E-state index in [2.05, 4.69) is 26.6 Å². The van der Waals surface area contributed by atoms with Crippen LogP contribution in [0.15, 0.2) is 28.7 Å². The lowest BCUT2D eigenvalue weighted by Gasteiger charge is -2.25. The molecule has 19 heavy (non-hydrogen) atoms. The van der Waals surface area contributed by atoms with Crippen LogP contribution in [0, 0.1) is 0 Å². The molecule has 3 N–H and O–H groups in total. The highest BCUT2D eigenvalue weighted by Crippen LogP contribution is 2.16. The number of aliphatic carboxylic acids is 1. The second-order valence-corrected chi connectivity index (χ2v) is 5.78. The Morgan fingerprint density at radius 1 is 1.37 bits per heavy atom. The third-order valence-electron chi connectivity index (χ3n) is 2.50. The lowest BCUT2D eigenvalue weighted by Crippen LogP contribution is -2.45. The van der Waals surface area contributed by atoms with E-state index in [1.807, 2.05) is 12.1 Å². The minimum Gasteiger partial charge on any atom is -0.481 e. The SMILES string of the molecule is CC(C)(CCC(=O)O)NC(=O)Nc1cccc(Br)c1. The molecule has 1 aromatic carbocycles. The molecule has 0 aliphatic heterocycles. The number of hydrogen-bond donors (Lipinski definition) is 3. The maximum absolute atomic E-state index is 11.8. The van der Waals surface area contributed by atoms with E-state index in [0.717, 1.165) is 4.47 Å². The minimum absolute atomic E-state index is 0.0180. The summed E-state index contributed by atoms with van der Waals surface area (Å²) in [6.07, 6.45) is 0.387. The van der Waals surface area contributed by atoms with Crippen molar-refractivity contribution in [1.82, 2.24) is 5.32 Å². The first-order valence-electron chi connectivity index (χ1n) is 5.85. The maximum Gasteiger partial charge on any atom is 0.319 e. The van der Waals surface area contributed by atoms with Crippen LogP contribution in [-0.4, -0.2) is 22.6 Å². The zero-order valence-electron chi connectivity index (χ0n) is 10.9. The number of amides is 2. The molecule has 0 aliphatic carbocycles. The molecular formula is C13H17BrN2O3. The Kier molecular flexibility index (Phi) is 5.35. The summed E-state index contributed by atoms with van der Waals surface area (Å²) >= 11 is 3.32. The molecule has 0 aromatic heterocycles. The van der Waals surface area contributed by atoms with Gasteiger partial charge in [-0.1, -0.05) is 22.0 Å². The maximum atomic E-state index is 11.8. The summed E-state index contributed by atoms with van der Waals surface area (Å²) in [6.45, 7) is 3.58. The van der Waals surface area contributed by atoms with Crippen LogP contribution in [0.3, 0.4) is 0 Å². The number of nitrogens with one attached hydrogen (secondary N) is 2. The number of anilines is 1. The van der Waals surface area contributed by atoms with E-state index in [1.165, 1.54) is 0 Å². The van der Waals surface area contributed by atoms with Gasteiger partial charge in [0.15, 0.2) is 0 Å². The Bertz CT molecular complexity index is 475. The average molecular weight is 329 g/mol. The van der Waals surface area contributed by atoms with Crippen LogP contribution >= 0.6 is 15.9 Å². The lowest BCUT2D eigenvalue weighted by molar-refractivity contribution is -0.137. The molecular weight excluding hydrogens is 312 g/mol. The standard InChI is InChI=1S/C13H17BrN2O3/c1-13(2,7-6-11(17)18)16-12(19)15-10-5-3-4-9(14)8-10/h3-5,8H,6-7H2,1-2H3,(H,17,18)(H2,15,16,19).